The molecular weight excluding hydrogens is 480 g/mol. The number of fused-ring (bicyclic) bond motifs is 4. The van der Waals surface area contributed by atoms with E-state index in [4.69, 9.17) is 24.7 Å². The predicted molar refractivity (Wildman–Crippen MR) is 147 cm³/mol. The van der Waals surface area contributed by atoms with Gasteiger partial charge in [-0.25, -0.2) is 20.0 Å². The molecule has 0 aromatic heterocycles. The zero-order valence-electron chi connectivity index (χ0n) is 22.1. The lowest BCUT2D eigenvalue weighted by Crippen LogP contribution is -2.57. The van der Waals surface area contributed by atoms with E-state index in [-0.39, 0.29) is 17.9 Å². The first-order chi connectivity index (χ1) is 18.0. The highest BCUT2D eigenvalue weighted by molar-refractivity contribution is 6.28. The molecule has 0 radical (unpaired) electrons. The number of aliphatic imine (C=N–C) groups is 4. The van der Waals surface area contributed by atoms with Crippen LogP contribution >= 0.6 is 0 Å². The molecule has 0 saturated carbocycles. The van der Waals surface area contributed by atoms with Gasteiger partial charge < -0.3 is 14.9 Å². The number of hydrogen-bond donors (Lipinski definition) is 2. The summed E-state index contributed by atoms with van der Waals surface area (Å²) in [7, 11) is 0. The summed E-state index contributed by atoms with van der Waals surface area (Å²) in [6.45, 7) is 9.47. The van der Waals surface area contributed by atoms with Crippen LogP contribution in [-0.4, -0.2) is 63.3 Å². The van der Waals surface area contributed by atoms with Crippen LogP contribution in [-0.2, 0) is 9.53 Å². The van der Waals surface area contributed by atoms with Gasteiger partial charge in [0.25, 0.3) is 0 Å². The van der Waals surface area contributed by atoms with Gasteiger partial charge in [0.2, 0.25) is 0 Å². The molecule has 6 rings (SSSR count). The Bertz CT molecular complexity index is 1520. The van der Waals surface area contributed by atoms with Gasteiger partial charge in [0.15, 0.2) is 5.78 Å². The number of ketones is 1. The van der Waals surface area contributed by atoms with E-state index >= 15 is 0 Å². The molecule has 5 unspecified atom stereocenters. The van der Waals surface area contributed by atoms with Crippen molar-refractivity contribution >= 4 is 28.6 Å². The number of ether oxygens (including phenoxy) is 1. The molecule has 6 aliphatic heterocycles. The van der Waals surface area contributed by atoms with Gasteiger partial charge in [-0.2, -0.15) is 0 Å². The molecular formula is C30H30N4O4. The van der Waals surface area contributed by atoms with Crippen LogP contribution in [0.3, 0.4) is 0 Å². The third-order valence-electron chi connectivity index (χ3n) is 7.96. The van der Waals surface area contributed by atoms with Crippen molar-refractivity contribution in [2.45, 2.75) is 65.5 Å². The summed E-state index contributed by atoms with van der Waals surface area (Å²) in [5.41, 5.74) is 6.87. The third-order valence-corrected chi connectivity index (χ3v) is 7.96. The maximum absolute atomic E-state index is 14.0. The first-order valence-corrected chi connectivity index (χ1v) is 12.9. The number of allylic oxidation sites excluding steroid dienone is 11. The second kappa shape index (κ2) is 8.73. The molecule has 38 heavy (non-hydrogen) atoms. The molecule has 194 valence electrons. The second-order valence-electron chi connectivity index (χ2n) is 10.9. The lowest BCUT2D eigenvalue weighted by Gasteiger charge is -2.43. The van der Waals surface area contributed by atoms with Gasteiger partial charge in [0.05, 0.1) is 58.2 Å². The molecule has 6 heterocycles. The summed E-state index contributed by atoms with van der Waals surface area (Å²) >= 11 is 0. The normalized spacial score (nSPS) is 34.3. The molecule has 0 spiro atoms. The van der Waals surface area contributed by atoms with Crippen molar-refractivity contribution in [1.82, 2.24) is 0 Å². The van der Waals surface area contributed by atoms with E-state index in [1.165, 1.54) is 0 Å². The van der Waals surface area contributed by atoms with Crippen molar-refractivity contribution in [3.8, 4) is 0 Å². The van der Waals surface area contributed by atoms with Crippen LogP contribution in [0.2, 0.25) is 0 Å². The average molecular weight is 511 g/mol. The average Bonchev–Trinajstić information content (AvgIpc) is 3.55. The molecule has 1 fully saturated rings. The summed E-state index contributed by atoms with van der Waals surface area (Å²) in [4.78, 5) is 33.1. The van der Waals surface area contributed by atoms with Crippen molar-refractivity contribution < 1.29 is 19.7 Å². The second-order valence-corrected chi connectivity index (χ2v) is 10.9. The molecule has 5 atom stereocenters. The monoisotopic (exact) mass is 510 g/mol. The molecule has 0 amide bonds. The van der Waals surface area contributed by atoms with Crippen LogP contribution in [0.4, 0.5) is 0 Å². The smallest absolute Gasteiger partial charge is 0.195 e. The Balaban J connectivity index is 1.53. The highest BCUT2D eigenvalue weighted by Crippen LogP contribution is 2.43. The topological polar surface area (TPSA) is 116 Å². The van der Waals surface area contributed by atoms with Crippen molar-refractivity contribution in [2.75, 3.05) is 0 Å². The number of aliphatic hydroxyl groups excluding tert-OH is 2. The highest BCUT2D eigenvalue weighted by Gasteiger charge is 2.55. The minimum Gasteiger partial charge on any atom is -0.390 e. The third kappa shape index (κ3) is 3.91. The van der Waals surface area contributed by atoms with Crippen LogP contribution in [0.5, 0.6) is 0 Å². The maximum Gasteiger partial charge on any atom is 0.195 e. The predicted octanol–water partition coefficient (Wildman–Crippen LogP) is 3.67. The van der Waals surface area contributed by atoms with E-state index in [2.05, 4.69) is 0 Å². The van der Waals surface area contributed by atoms with Crippen molar-refractivity contribution in [3.63, 3.8) is 0 Å². The first kappa shape index (κ1) is 24.7. The summed E-state index contributed by atoms with van der Waals surface area (Å²) in [5.74, 6) is -0.264. The lowest BCUT2D eigenvalue weighted by molar-refractivity contribution is -0.187. The van der Waals surface area contributed by atoms with E-state index in [1.54, 1.807) is 26.0 Å². The quantitative estimate of drug-likeness (QED) is 0.560. The van der Waals surface area contributed by atoms with E-state index in [0.29, 0.717) is 17.1 Å². The fraction of sp³-hybridized carbons (Fsp3) is 0.367. The molecule has 2 N–H and O–H groups in total. The van der Waals surface area contributed by atoms with Gasteiger partial charge in [-0.1, -0.05) is 0 Å². The Morgan fingerprint density at radius 3 is 2.16 bits per heavy atom. The number of nitrogens with zero attached hydrogens (tertiary/aromatic N) is 4. The molecule has 0 aromatic rings. The zero-order chi connectivity index (χ0) is 26.9. The van der Waals surface area contributed by atoms with Crippen LogP contribution in [0.15, 0.2) is 102 Å². The standard InChI is InChI=1S/C30H30N4O4/c1-14-8-20-11-27-30(5,29-26(36)13-25(35)17(4)38-29)28(37)24(34-27)10-19-7-16(3)23(32-19)12-22-15(2)6-18(31-22)9-21(14)33-20/h6-12,17,25-26,29,35-36H,13H2,1-5H3. The van der Waals surface area contributed by atoms with Gasteiger partial charge >= 0.3 is 0 Å². The molecule has 8 bridgehead atoms. The first-order valence-electron chi connectivity index (χ1n) is 12.9. The number of rotatable bonds is 1. The zero-order valence-corrected chi connectivity index (χ0v) is 22.1. The van der Waals surface area contributed by atoms with Gasteiger partial charge in [0, 0.05) is 6.42 Å². The molecule has 0 aromatic carbocycles. The number of Topliss-reactive ketones (excluding diaryl/α,β-unsaturated/α-hetero) is 1. The van der Waals surface area contributed by atoms with Gasteiger partial charge in [-0.15, -0.1) is 0 Å². The largest absolute Gasteiger partial charge is 0.390 e. The van der Waals surface area contributed by atoms with Crippen LogP contribution in [0, 0.1) is 5.41 Å². The Hall–Kier alpha value is -3.59. The molecule has 0 aliphatic carbocycles. The summed E-state index contributed by atoms with van der Waals surface area (Å²) < 4.78 is 6.07. The van der Waals surface area contributed by atoms with E-state index in [1.807, 2.05) is 51.2 Å². The Kier molecular flexibility index (Phi) is 5.68. The summed E-state index contributed by atoms with van der Waals surface area (Å²) in [6.07, 6.45) is 10.1. The molecule has 1 saturated heterocycles. The Labute approximate surface area is 221 Å². The van der Waals surface area contributed by atoms with Gasteiger partial charge in [0.1, 0.15) is 17.2 Å². The Morgan fingerprint density at radius 2 is 1.45 bits per heavy atom. The van der Waals surface area contributed by atoms with Crippen molar-refractivity contribution in [2.24, 2.45) is 25.4 Å². The van der Waals surface area contributed by atoms with Crippen LogP contribution in [0.1, 0.15) is 41.0 Å². The number of carbonyl (C=O) groups is 1. The van der Waals surface area contributed by atoms with Crippen LogP contribution in [0.25, 0.3) is 0 Å². The lowest BCUT2D eigenvalue weighted by atomic mass is 9.72. The van der Waals surface area contributed by atoms with E-state index in [9.17, 15) is 15.0 Å². The van der Waals surface area contributed by atoms with Crippen molar-refractivity contribution in [1.29, 1.82) is 0 Å². The number of hydrogen-bond acceptors (Lipinski definition) is 8. The summed E-state index contributed by atoms with van der Waals surface area (Å²) in [5, 5.41) is 21.2. The highest BCUT2D eigenvalue weighted by atomic mass is 16.5. The molecule has 8 nitrogen and oxygen atoms in total. The minimum absolute atomic E-state index is 0.116. The number of aliphatic hydroxyl groups is 2. The summed E-state index contributed by atoms with van der Waals surface area (Å²) in [6, 6.07) is 0. The SMILES string of the molecule is CC1=CC2=NC1=CC1=NC(=CC3=NC(=CC4=NC(=C2)C(=O)C4(C)C2OC(C)C(O)CC2O)C=C3C)C=C1C. The van der Waals surface area contributed by atoms with Crippen LogP contribution < -0.4 is 0 Å². The fourth-order valence-corrected chi connectivity index (χ4v) is 5.61. The van der Waals surface area contributed by atoms with Gasteiger partial charge in [-0.3, -0.25) is 4.79 Å². The minimum atomic E-state index is -1.28. The molecule has 8 heteroatoms. The Morgan fingerprint density at radius 1 is 0.789 bits per heavy atom. The van der Waals surface area contributed by atoms with Gasteiger partial charge in [-0.05, 0) is 93.9 Å². The fourth-order valence-electron chi connectivity index (χ4n) is 5.61. The number of carbonyl (C=O) groups excluding carboxylic acids is 1. The van der Waals surface area contributed by atoms with Crippen molar-refractivity contribution in [3.05, 3.63) is 82.0 Å². The molecule has 6 aliphatic rings. The maximum atomic E-state index is 14.0. The van der Waals surface area contributed by atoms with E-state index < -0.39 is 29.8 Å². The van der Waals surface area contributed by atoms with E-state index in [0.717, 1.165) is 39.5 Å².